The molecule has 1 N–H and O–H groups in total. The Morgan fingerprint density at radius 3 is 2.33 bits per heavy atom. The minimum Gasteiger partial charge on any atom is -0.497 e. The number of nitrogens with one attached hydrogen (secondary N) is 1. The van der Waals surface area contributed by atoms with Crippen molar-refractivity contribution in [3.8, 4) is 5.75 Å². The quantitative estimate of drug-likeness (QED) is 0.386. The van der Waals surface area contributed by atoms with Gasteiger partial charge in [-0.05, 0) is 47.9 Å². The molecule has 10 heteroatoms. The molecular formula is C26H25N3O6S. The molecule has 0 spiro atoms. The lowest BCUT2D eigenvalue weighted by Crippen LogP contribution is -2.38. The minimum absolute atomic E-state index is 0.0264. The number of amides is 1. The number of hydrogen-bond acceptors (Lipinski definition) is 7. The van der Waals surface area contributed by atoms with Crippen molar-refractivity contribution in [3.05, 3.63) is 96.5 Å². The molecule has 0 radical (unpaired) electrons. The van der Waals surface area contributed by atoms with Gasteiger partial charge < -0.3 is 14.8 Å². The second kappa shape index (κ2) is 10.2. The van der Waals surface area contributed by atoms with E-state index >= 15 is 0 Å². The molecule has 0 aliphatic carbocycles. The number of benzene rings is 2. The molecule has 1 amide bonds. The Morgan fingerprint density at radius 1 is 1.00 bits per heavy atom. The van der Waals surface area contributed by atoms with E-state index in [1.165, 1.54) is 17.7 Å². The molecule has 0 saturated heterocycles. The SMILES string of the molecule is COC(=O)c1ccc(Cn2c(=O)c3cc(C(=O)NCc4ccc(OC)cc4)sc3n(C)c2=O)cc1C. The Hall–Kier alpha value is -4.18. The van der Waals surface area contributed by atoms with E-state index < -0.39 is 17.2 Å². The zero-order valence-corrected chi connectivity index (χ0v) is 21.1. The van der Waals surface area contributed by atoms with Crippen molar-refractivity contribution in [2.24, 2.45) is 7.05 Å². The predicted octanol–water partition coefficient (Wildman–Crippen LogP) is 2.84. The summed E-state index contributed by atoms with van der Waals surface area (Å²) in [5.41, 5.74) is 1.71. The Morgan fingerprint density at radius 2 is 1.69 bits per heavy atom. The van der Waals surface area contributed by atoms with Gasteiger partial charge in [-0.2, -0.15) is 0 Å². The fraction of sp³-hybridized carbons (Fsp3) is 0.231. The standard InChI is InChI=1S/C26H25N3O6S/c1-15-11-17(7-10-19(15)25(32)35-4)14-29-23(31)20-12-21(36-24(20)28(2)26(29)33)22(30)27-13-16-5-8-18(34-3)9-6-16/h5-12H,13-14H2,1-4H3,(H,27,30). The monoisotopic (exact) mass is 507 g/mol. The average Bonchev–Trinajstić information content (AvgIpc) is 3.34. The maximum atomic E-state index is 13.2. The fourth-order valence-corrected chi connectivity index (χ4v) is 4.92. The Labute approximate surface area is 210 Å². The first-order valence-corrected chi connectivity index (χ1v) is 11.9. The summed E-state index contributed by atoms with van der Waals surface area (Å²) >= 11 is 1.09. The number of methoxy groups -OCH3 is 2. The molecule has 0 aliphatic heterocycles. The highest BCUT2D eigenvalue weighted by atomic mass is 32.1. The Balaban J connectivity index is 1.61. The van der Waals surface area contributed by atoms with Gasteiger partial charge in [-0.25, -0.2) is 9.59 Å². The van der Waals surface area contributed by atoms with Crippen LogP contribution in [0.15, 0.2) is 58.1 Å². The molecule has 9 nitrogen and oxygen atoms in total. The topological polar surface area (TPSA) is 109 Å². The highest BCUT2D eigenvalue weighted by molar-refractivity contribution is 7.20. The number of carbonyl (C=O) groups excluding carboxylic acids is 2. The first-order chi connectivity index (χ1) is 17.2. The lowest BCUT2D eigenvalue weighted by molar-refractivity contribution is 0.0599. The van der Waals surface area contributed by atoms with Crippen LogP contribution in [0.2, 0.25) is 0 Å². The molecule has 0 aliphatic rings. The van der Waals surface area contributed by atoms with E-state index in [9.17, 15) is 19.2 Å². The van der Waals surface area contributed by atoms with Gasteiger partial charge in [0, 0.05) is 13.6 Å². The minimum atomic E-state index is -0.491. The van der Waals surface area contributed by atoms with Crippen molar-refractivity contribution in [2.75, 3.05) is 14.2 Å². The van der Waals surface area contributed by atoms with Crippen LogP contribution in [-0.4, -0.2) is 35.2 Å². The first kappa shape index (κ1) is 24.9. The molecule has 186 valence electrons. The van der Waals surface area contributed by atoms with Crippen molar-refractivity contribution in [1.29, 1.82) is 0 Å². The average molecular weight is 508 g/mol. The van der Waals surface area contributed by atoms with Crippen molar-refractivity contribution in [2.45, 2.75) is 20.0 Å². The summed E-state index contributed by atoms with van der Waals surface area (Å²) < 4.78 is 12.4. The predicted molar refractivity (Wildman–Crippen MR) is 137 cm³/mol. The third-order valence-electron chi connectivity index (χ3n) is 5.88. The lowest BCUT2D eigenvalue weighted by Gasteiger charge is -2.10. The zero-order chi connectivity index (χ0) is 26.0. The number of hydrogen-bond donors (Lipinski definition) is 1. The normalized spacial score (nSPS) is 10.9. The number of aryl methyl sites for hydroxylation is 2. The second-order valence-corrected chi connectivity index (χ2v) is 9.26. The van der Waals surface area contributed by atoms with Gasteiger partial charge in [-0.1, -0.05) is 24.3 Å². The summed E-state index contributed by atoms with van der Waals surface area (Å²) in [5.74, 6) is -0.0644. The number of aromatic nitrogens is 2. The number of rotatable bonds is 7. The van der Waals surface area contributed by atoms with E-state index in [2.05, 4.69) is 5.32 Å². The number of thiophene rings is 1. The van der Waals surface area contributed by atoms with E-state index in [4.69, 9.17) is 9.47 Å². The molecule has 0 saturated carbocycles. The van der Waals surface area contributed by atoms with Crippen molar-refractivity contribution >= 4 is 33.4 Å². The van der Waals surface area contributed by atoms with E-state index in [1.807, 2.05) is 24.3 Å². The third-order valence-corrected chi connectivity index (χ3v) is 7.09. The summed E-state index contributed by atoms with van der Waals surface area (Å²) in [4.78, 5) is 51.6. The zero-order valence-electron chi connectivity index (χ0n) is 20.3. The maximum Gasteiger partial charge on any atom is 0.338 e. The highest BCUT2D eigenvalue weighted by Gasteiger charge is 2.18. The summed E-state index contributed by atoms with van der Waals surface area (Å²) in [6.07, 6.45) is 0. The number of carbonyl (C=O) groups is 2. The highest BCUT2D eigenvalue weighted by Crippen LogP contribution is 2.22. The van der Waals surface area contributed by atoms with Crippen LogP contribution < -0.4 is 21.3 Å². The number of ether oxygens (including phenoxy) is 2. The largest absolute Gasteiger partial charge is 0.497 e. The summed E-state index contributed by atoms with van der Waals surface area (Å²) in [6, 6.07) is 13.9. The van der Waals surface area contributed by atoms with Crippen LogP contribution in [0.5, 0.6) is 5.75 Å². The van der Waals surface area contributed by atoms with Crippen LogP contribution in [0, 0.1) is 6.92 Å². The molecule has 4 aromatic rings. The molecule has 2 heterocycles. The molecule has 36 heavy (non-hydrogen) atoms. The van der Waals surface area contributed by atoms with Gasteiger partial charge in [0.2, 0.25) is 0 Å². The molecule has 0 bridgehead atoms. The Kier molecular flexibility index (Phi) is 7.07. The van der Waals surface area contributed by atoms with Crippen molar-refractivity contribution in [1.82, 2.24) is 14.5 Å². The van der Waals surface area contributed by atoms with Gasteiger partial charge in [-0.3, -0.25) is 18.7 Å². The van der Waals surface area contributed by atoms with Crippen molar-refractivity contribution < 1.29 is 19.1 Å². The summed E-state index contributed by atoms with van der Waals surface area (Å²) in [6.45, 7) is 2.09. The molecule has 0 atom stereocenters. The van der Waals surface area contributed by atoms with Crippen LogP contribution in [0.4, 0.5) is 0 Å². The Bertz CT molecular complexity index is 1580. The summed E-state index contributed by atoms with van der Waals surface area (Å²) in [7, 11) is 4.46. The van der Waals surface area contributed by atoms with Crippen LogP contribution in [0.1, 0.15) is 36.7 Å². The van der Waals surface area contributed by atoms with Crippen LogP contribution in [0.25, 0.3) is 10.2 Å². The molecule has 2 aromatic heterocycles. The van der Waals surface area contributed by atoms with Crippen LogP contribution in [-0.2, 0) is 24.9 Å². The van der Waals surface area contributed by atoms with E-state index in [0.717, 1.165) is 27.2 Å². The van der Waals surface area contributed by atoms with E-state index in [0.29, 0.717) is 38.3 Å². The van der Waals surface area contributed by atoms with Gasteiger partial charge in [0.1, 0.15) is 10.6 Å². The van der Waals surface area contributed by atoms with Crippen LogP contribution >= 0.6 is 11.3 Å². The smallest absolute Gasteiger partial charge is 0.338 e. The first-order valence-electron chi connectivity index (χ1n) is 11.1. The van der Waals surface area contributed by atoms with E-state index in [1.54, 1.807) is 39.3 Å². The fourth-order valence-electron chi connectivity index (χ4n) is 3.89. The molecule has 4 rings (SSSR count). The maximum absolute atomic E-state index is 13.2. The molecule has 0 fully saturated rings. The van der Waals surface area contributed by atoms with Gasteiger partial charge in [0.15, 0.2) is 0 Å². The number of esters is 1. The number of fused-ring (bicyclic) bond motifs is 1. The third kappa shape index (κ3) is 4.80. The molecular weight excluding hydrogens is 482 g/mol. The lowest BCUT2D eigenvalue weighted by atomic mass is 10.1. The second-order valence-electron chi connectivity index (χ2n) is 8.23. The van der Waals surface area contributed by atoms with Crippen molar-refractivity contribution in [3.63, 3.8) is 0 Å². The molecule has 0 unspecified atom stereocenters. The number of nitrogens with zero attached hydrogens (tertiary/aromatic N) is 2. The van der Waals surface area contributed by atoms with Gasteiger partial charge in [-0.15, -0.1) is 11.3 Å². The van der Waals surface area contributed by atoms with Gasteiger partial charge >= 0.3 is 11.7 Å². The summed E-state index contributed by atoms with van der Waals surface area (Å²) in [5, 5.41) is 3.14. The van der Waals surface area contributed by atoms with Gasteiger partial charge in [0.25, 0.3) is 11.5 Å². The van der Waals surface area contributed by atoms with Crippen LogP contribution in [0.3, 0.4) is 0 Å². The van der Waals surface area contributed by atoms with E-state index in [-0.39, 0.29) is 12.5 Å². The molecule has 2 aromatic carbocycles. The van der Waals surface area contributed by atoms with Gasteiger partial charge in [0.05, 0.1) is 36.6 Å².